The number of methoxy groups -OCH3 is 1. The van der Waals surface area contributed by atoms with E-state index in [1.54, 1.807) is 53.1 Å². The summed E-state index contributed by atoms with van der Waals surface area (Å²) in [6.45, 7) is 0.115. The Morgan fingerprint density at radius 1 is 0.887 bits per heavy atom. The van der Waals surface area contributed by atoms with Crippen LogP contribution in [0.4, 0.5) is 8.78 Å². The van der Waals surface area contributed by atoms with Crippen LogP contribution in [0, 0.1) is 11.6 Å². The summed E-state index contributed by atoms with van der Waals surface area (Å²) in [6.07, 6.45) is 0.0731. The SMILES string of the molecule is CO[C@@H]1[C@@H](n2cc(-c3cccc(F)c3)nn2)[C@H]2O[C@@H](c3ccccc3)OC[C@H]2O[C@H]1C(=O)N(C)[C@H]1CCC[C@@H](n2cc(-c3cccc(F)c3)nn2)[C@@H]1O. The van der Waals surface area contributed by atoms with Crippen molar-refractivity contribution in [1.29, 1.82) is 0 Å². The summed E-state index contributed by atoms with van der Waals surface area (Å²) >= 11 is 0. The number of aliphatic hydroxyl groups excluding tert-OH is 1. The van der Waals surface area contributed by atoms with Crippen molar-refractivity contribution in [3.8, 4) is 22.5 Å². The van der Waals surface area contributed by atoms with Gasteiger partial charge in [0.2, 0.25) is 0 Å². The van der Waals surface area contributed by atoms with Gasteiger partial charge >= 0.3 is 0 Å². The Kier molecular flexibility index (Phi) is 9.83. The van der Waals surface area contributed by atoms with E-state index in [1.807, 2.05) is 30.3 Å². The van der Waals surface area contributed by atoms with Gasteiger partial charge in [-0.1, -0.05) is 65.0 Å². The number of carbonyl (C=O) groups excluding carboxylic acids is 1. The van der Waals surface area contributed by atoms with Gasteiger partial charge in [-0.3, -0.25) is 4.79 Å². The number of carbonyl (C=O) groups is 1. The zero-order chi connectivity index (χ0) is 36.6. The van der Waals surface area contributed by atoms with Crippen LogP contribution < -0.4 is 0 Å². The number of aliphatic hydroxyl groups is 1. The van der Waals surface area contributed by atoms with Crippen molar-refractivity contribution in [1.82, 2.24) is 34.9 Å². The first-order valence-corrected chi connectivity index (χ1v) is 17.6. The maximum Gasteiger partial charge on any atom is 0.254 e. The van der Waals surface area contributed by atoms with Crippen molar-refractivity contribution in [2.24, 2.45) is 0 Å². The van der Waals surface area contributed by atoms with Crippen LogP contribution in [0.1, 0.15) is 43.2 Å². The maximum atomic E-state index is 14.5. The van der Waals surface area contributed by atoms with Crippen molar-refractivity contribution >= 4 is 5.91 Å². The third-order valence-corrected chi connectivity index (χ3v) is 10.5. The Labute approximate surface area is 304 Å². The molecule has 2 aromatic heterocycles. The monoisotopic (exact) mass is 727 g/mol. The van der Waals surface area contributed by atoms with E-state index in [9.17, 15) is 18.7 Å². The number of hydrogen-bond acceptors (Lipinski definition) is 10. The van der Waals surface area contributed by atoms with Gasteiger partial charge in [0, 0.05) is 30.8 Å². The molecule has 53 heavy (non-hydrogen) atoms. The van der Waals surface area contributed by atoms with E-state index in [0.29, 0.717) is 41.8 Å². The number of fused-ring (bicyclic) bond motifs is 1. The van der Waals surface area contributed by atoms with Gasteiger partial charge in [0.05, 0.1) is 37.2 Å². The molecule has 276 valence electrons. The number of benzene rings is 3. The Balaban J connectivity index is 1.07. The highest BCUT2D eigenvalue weighted by molar-refractivity contribution is 5.82. The van der Waals surface area contributed by atoms with E-state index in [2.05, 4.69) is 20.6 Å². The summed E-state index contributed by atoms with van der Waals surface area (Å²) < 4.78 is 56.5. The molecule has 3 fully saturated rings. The number of hydrogen-bond donors (Lipinski definition) is 1. The van der Waals surface area contributed by atoms with Crippen LogP contribution in [0.2, 0.25) is 0 Å². The Bertz CT molecular complexity index is 2050. The minimum atomic E-state index is -1.14. The first-order chi connectivity index (χ1) is 25.8. The number of halogens is 2. The highest BCUT2D eigenvalue weighted by Gasteiger charge is 2.55. The van der Waals surface area contributed by atoms with Gasteiger partial charge in [-0.05, 0) is 43.5 Å². The number of likely N-dealkylation sites (N-methyl/N-ethyl adjacent to an activating group) is 1. The molecule has 2 saturated heterocycles. The summed E-state index contributed by atoms with van der Waals surface area (Å²) in [7, 11) is 3.14. The Hall–Kier alpha value is -4.93. The molecule has 0 bridgehead atoms. The van der Waals surface area contributed by atoms with E-state index in [0.717, 1.165) is 5.56 Å². The van der Waals surface area contributed by atoms with E-state index in [-0.39, 0.29) is 12.4 Å². The van der Waals surface area contributed by atoms with Crippen LogP contribution >= 0.6 is 0 Å². The second kappa shape index (κ2) is 14.8. The molecule has 0 radical (unpaired) electrons. The molecular weight excluding hydrogens is 688 g/mol. The zero-order valence-corrected chi connectivity index (χ0v) is 29.1. The molecule has 0 spiro atoms. The number of ether oxygens (including phenoxy) is 4. The van der Waals surface area contributed by atoms with Crippen molar-refractivity contribution in [3.63, 3.8) is 0 Å². The number of nitrogens with zero attached hydrogens (tertiary/aromatic N) is 7. The van der Waals surface area contributed by atoms with E-state index in [1.165, 1.54) is 36.3 Å². The van der Waals surface area contributed by atoms with E-state index >= 15 is 0 Å². The third-order valence-electron chi connectivity index (χ3n) is 10.5. The van der Waals surface area contributed by atoms with Gasteiger partial charge in [-0.15, -0.1) is 10.2 Å². The molecule has 1 aliphatic carbocycles. The van der Waals surface area contributed by atoms with E-state index in [4.69, 9.17) is 18.9 Å². The zero-order valence-electron chi connectivity index (χ0n) is 29.1. The predicted molar refractivity (Wildman–Crippen MR) is 185 cm³/mol. The summed E-state index contributed by atoms with van der Waals surface area (Å²) in [4.78, 5) is 16.1. The van der Waals surface area contributed by atoms with Crippen LogP contribution in [0.15, 0.2) is 91.3 Å². The lowest BCUT2D eigenvalue weighted by atomic mass is 9.86. The quantitative estimate of drug-likeness (QED) is 0.243. The molecular formula is C38H39F2N7O6. The topological polar surface area (TPSA) is 139 Å². The van der Waals surface area contributed by atoms with Crippen LogP contribution in [0.5, 0.6) is 0 Å². The smallest absolute Gasteiger partial charge is 0.254 e. The fraction of sp³-hybridized carbons (Fsp3) is 0.395. The van der Waals surface area contributed by atoms with Gasteiger partial charge in [0.15, 0.2) is 12.4 Å². The molecule has 1 amide bonds. The average molecular weight is 728 g/mol. The summed E-state index contributed by atoms with van der Waals surface area (Å²) in [5.74, 6) is -1.20. The van der Waals surface area contributed by atoms with Crippen LogP contribution in [0.25, 0.3) is 22.5 Å². The van der Waals surface area contributed by atoms with Gasteiger partial charge in [0.1, 0.15) is 47.4 Å². The van der Waals surface area contributed by atoms with Gasteiger partial charge in [-0.2, -0.15) is 0 Å². The molecule has 13 nitrogen and oxygen atoms in total. The van der Waals surface area contributed by atoms with Crippen molar-refractivity contribution in [2.45, 2.75) is 74.2 Å². The molecule has 8 rings (SSSR count). The number of aromatic nitrogens is 6. The second-order valence-corrected chi connectivity index (χ2v) is 13.7. The first-order valence-electron chi connectivity index (χ1n) is 17.6. The number of rotatable bonds is 8. The third kappa shape index (κ3) is 6.86. The molecule has 4 heterocycles. The lowest BCUT2D eigenvalue weighted by Gasteiger charge is -2.49. The summed E-state index contributed by atoms with van der Waals surface area (Å²) in [6, 6.07) is 19.8. The maximum absolute atomic E-state index is 14.5. The lowest BCUT2D eigenvalue weighted by molar-refractivity contribution is -0.315. The van der Waals surface area contributed by atoms with E-state index < -0.39 is 66.7 Å². The summed E-state index contributed by atoms with van der Waals surface area (Å²) in [5, 5.41) is 29.0. The standard InChI is InChI=1S/C38H39F2N7O6/c1-45(29-15-8-16-30(33(29)48)46-19-27(41-43-46)23-11-6-13-25(39)17-23)37(49)36-35(50-2)32(47-20-28(42-44-47)24-12-7-14-26(40)18-24)34-31(52-36)21-51-38(53-34)22-9-4-3-5-10-22/h3-7,9-14,17-20,29-36,38,48H,8,15-16,21H2,1-2H3/t29-,30+,31+,32-,33+,34-,35+,36+,38-/m0/s1. The van der Waals surface area contributed by atoms with Crippen LogP contribution in [-0.4, -0.2) is 103 Å². The summed E-state index contributed by atoms with van der Waals surface area (Å²) in [5.41, 5.74) is 2.82. The van der Waals surface area contributed by atoms with Crippen molar-refractivity contribution < 1.29 is 37.6 Å². The minimum Gasteiger partial charge on any atom is -0.389 e. The molecule has 1 N–H and O–H groups in total. The highest BCUT2D eigenvalue weighted by Crippen LogP contribution is 2.42. The average Bonchev–Trinajstić information content (AvgIpc) is 3.88. The van der Waals surface area contributed by atoms with Crippen molar-refractivity contribution in [2.75, 3.05) is 20.8 Å². The largest absolute Gasteiger partial charge is 0.389 e. The molecule has 5 aromatic rings. The first kappa shape index (κ1) is 35.1. The Morgan fingerprint density at radius 3 is 2.21 bits per heavy atom. The molecule has 9 atom stereocenters. The minimum absolute atomic E-state index is 0.115. The molecule has 3 aromatic carbocycles. The van der Waals surface area contributed by atoms with Crippen LogP contribution in [-0.2, 0) is 23.7 Å². The second-order valence-electron chi connectivity index (χ2n) is 13.7. The molecule has 1 saturated carbocycles. The lowest BCUT2D eigenvalue weighted by Crippen LogP contribution is -2.64. The fourth-order valence-electron chi connectivity index (χ4n) is 7.77. The normalized spacial score (nSPS) is 28.7. The fourth-order valence-corrected chi connectivity index (χ4v) is 7.77. The van der Waals surface area contributed by atoms with Crippen molar-refractivity contribution in [3.05, 3.63) is 108 Å². The highest BCUT2D eigenvalue weighted by atomic mass is 19.1. The molecule has 0 unspecified atom stereocenters. The molecule has 2 aliphatic heterocycles. The van der Waals surface area contributed by atoms with Gasteiger partial charge < -0.3 is 29.0 Å². The molecule has 15 heteroatoms. The Morgan fingerprint density at radius 2 is 1.55 bits per heavy atom. The van der Waals surface area contributed by atoms with Gasteiger partial charge in [0.25, 0.3) is 5.91 Å². The number of amides is 1. The predicted octanol–water partition coefficient (Wildman–Crippen LogP) is 4.53. The van der Waals surface area contributed by atoms with Gasteiger partial charge in [-0.25, -0.2) is 18.1 Å². The van der Waals surface area contributed by atoms with Crippen LogP contribution in [0.3, 0.4) is 0 Å². The molecule has 3 aliphatic rings.